The maximum Gasteiger partial charge on any atom is 0.220 e. The molecular weight excluding hydrogens is 1030 g/mol. The quantitative estimate of drug-likeness (QED) is 0.0204. The van der Waals surface area contributed by atoms with E-state index in [2.05, 4.69) is 43.5 Å². The lowest BCUT2D eigenvalue weighted by Gasteiger charge is -2.46. The predicted octanol–water partition coefficient (Wildman–Crippen LogP) is 13.0. The second-order valence-corrected chi connectivity index (χ2v) is 24.0. The molecule has 1 amide bonds. The van der Waals surface area contributed by atoms with E-state index in [1.54, 1.807) is 6.08 Å². The first-order valence-electron chi connectivity index (χ1n) is 33.7. The summed E-state index contributed by atoms with van der Waals surface area (Å²) in [5.41, 5.74) is 0. The van der Waals surface area contributed by atoms with Crippen molar-refractivity contribution in [3.63, 3.8) is 0 Å². The zero-order valence-electron chi connectivity index (χ0n) is 51.5. The van der Waals surface area contributed by atoms with E-state index < -0.39 is 86.8 Å². The second-order valence-electron chi connectivity index (χ2n) is 24.0. The molecule has 2 heterocycles. The van der Waals surface area contributed by atoms with Crippen LogP contribution in [0.5, 0.6) is 0 Å². The molecular formula is C67H125NO13. The fourth-order valence-corrected chi connectivity index (χ4v) is 11.1. The number of unbranched alkanes of at least 4 members (excludes halogenated alkanes) is 38. The van der Waals surface area contributed by atoms with E-state index in [9.17, 15) is 45.6 Å². The third kappa shape index (κ3) is 37.4. The van der Waals surface area contributed by atoms with Crippen LogP contribution >= 0.6 is 0 Å². The van der Waals surface area contributed by atoms with Crippen LogP contribution in [0.2, 0.25) is 0 Å². The van der Waals surface area contributed by atoms with Crippen molar-refractivity contribution >= 4 is 5.91 Å². The summed E-state index contributed by atoms with van der Waals surface area (Å²) in [5.74, 6) is -0.250. The lowest BCUT2D eigenvalue weighted by atomic mass is 9.97. The Kier molecular flexibility index (Phi) is 48.8. The number of allylic oxidation sites excluding steroid dienone is 5. The molecule has 14 nitrogen and oxygen atoms in total. The summed E-state index contributed by atoms with van der Waals surface area (Å²) in [6, 6.07) is -0.923. The SMILES string of the molecule is CCCCCC/C=C\C/C=C\CCCCCCCC(=O)NC(COC1OC(CO)C(OC2OC(CO)C(O)C(O)C2O)C(O)C1O)C(O)/C=C/CCCCCCCCCCCCCCCCCCCCCCCCCCCCCCC. The minimum atomic E-state index is -1.79. The maximum absolute atomic E-state index is 13.3. The Labute approximate surface area is 493 Å². The Hall–Kier alpha value is -1.79. The smallest absolute Gasteiger partial charge is 0.220 e. The number of hydrogen-bond acceptors (Lipinski definition) is 13. The van der Waals surface area contributed by atoms with Crippen LogP contribution < -0.4 is 5.32 Å². The number of ether oxygens (including phenoxy) is 4. The molecule has 14 heteroatoms. The van der Waals surface area contributed by atoms with Gasteiger partial charge in [0.25, 0.3) is 0 Å². The molecule has 2 saturated heterocycles. The highest BCUT2D eigenvalue weighted by Crippen LogP contribution is 2.30. The first-order chi connectivity index (χ1) is 39.6. The zero-order chi connectivity index (χ0) is 58.8. The van der Waals surface area contributed by atoms with Gasteiger partial charge in [0, 0.05) is 6.42 Å². The Bertz CT molecular complexity index is 1500. The number of aliphatic hydroxyl groups excluding tert-OH is 8. The van der Waals surface area contributed by atoms with Crippen LogP contribution in [0.3, 0.4) is 0 Å². The maximum atomic E-state index is 13.3. The molecule has 2 rings (SSSR count). The number of carbonyl (C=O) groups excluding carboxylic acids is 1. The monoisotopic (exact) mass is 1150 g/mol. The number of carbonyl (C=O) groups is 1. The fourth-order valence-electron chi connectivity index (χ4n) is 11.1. The molecule has 0 saturated carbocycles. The molecule has 476 valence electrons. The summed E-state index contributed by atoms with van der Waals surface area (Å²) < 4.78 is 22.8. The van der Waals surface area contributed by atoms with Crippen LogP contribution in [0.4, 0.5) is 0 Å². The molecule has 2 aliphatic rings. The third-order valence-electron chi connectivity index (χ3n) is 16.6. The molecule has 2 fully saturated rings. The molecule has 0 spiro atoms. The molecule has 9 N–H and O–H groups in total. The van der Waals surface area contributed by atoms with Gasteiger partial charge in [-0.2, -0.15) is 0 Å². The van der Waals surface area contributed by atoms with Crippen LogP contribution in [0.15, 0.2) is 36.5 Å². The standard InChI is InChI=1S/C67H125NO13/c1-3-5-7-9-11-13-15-17-19-21-22-23-24-25-26-27-28-29-30-31-32-33-34-35-36-38-40-42-44-46-48-50-56(71)55(68-59(72)51-49-47-45-43-41-39-37-20-18-16-14-12-10-8-6-4-2)54-78-66-64(77)62(75)65(58(53-70)80-66)81-67-63(76)61(74)60(73)57(52-69)79-67/h14,16,20,37,48,50,55-58,60-67,69-71,73-77H,3-13,15,17-19,21-36,38-47,49,51-54H2,1-2H3,(H,68,72)/b16-14-,37-20-,50-48+. The summed E-state index contributed by atoms with van der Waals surface area (Å²) in [4.78, 5) is 13.3. The molecule has 0 aromatic carbocycles. The molecule has 12 atom stereocenters. The normalized spacial score (nSPS) is 24.3. The predicted molar refractivity (Wildman–Crippen MR) is 328 cm³/mol. The highest BCUT2D eigenvalue weighted by molar-refractivity contribution is 5.76. The van der Waals surface area contributed by atoms with Gasteiger partial charge in [-0.3, -0.25) is 4.79 Å². The summed E-state index contributed by atoms with van der Waals surface area (Å²) in [6.07, 6.45) is 49.2. The lowest BCUT2D eigenvalue weighted by molar-refractivity contribution is -0.359. The van der Waals surface area contributed by atoms with E-state index in [4.69, 9.17) is 18.9 Å². The van der Waals surface area contributed by atoms with Gasteiger partial charge in [0.1, 0.15) is 48.8 Å². The second kappa shape index (κ2) is 52.5. The number of rotatable bonds is 55. The Balaban J connectivity index is 1.67. The van der Waals surface area contributed by atoms with Crippen LogP contribution in [0.1, 0.15) is 290 Å². The van der Waals surface area contributed by atoms with Gasteiger partial charge in [0.2, 0.25) is 5.91 Å². The molecule has 81 heavy (non-hydrogen) atoms. The third-order valence-corrected chi connectivity index (χ3v) is 16.6. The zero-order valence-corrected chi connectivity index (χ0v) is 51.5. The topological polar surface area (TPSA) is 228 Å². The summed E-state index contributed by atoms with van der Waals surface area (Å²) in [5, 5.41) is 87.3. The van der Waals surface area contributed by atoms with Gasteiger partial charge in [-0.25, -0.2) is 0 Å². The highest BCUT2D eigenvalue weighted by atomic mass is 16.7. The van der Waals surface area contributed by atoms with E-state index in [1.165, 1.54) is 199 Å². The number of hydrogen-bond donors (Lipinski definition) is 9. The van der Waals surface area contributed by atoms with Crippen LogP contribution in [0.25, 0.3) is 0 Å². The molecule has 0 radical (unpaired) electrons. The van der Waals surface area contributed by atoms with E-state index in [-0.39, 0.29) is 18.9 Å². The van der Waals surface area contributed by atoms with E-state index in [0.717, 1.165) is 64.2 Å². The van der Waals surface area contributed by atoms with Gasteiger partial charge >= 0.3 is 0 Å². The first kappa shape index (κ1) is 75.3. The Morgan fingerprint density at radius 2 is 0.815 bits per heavy atom. The van der Waals surface area contributed by atoms with Gasteiger partial charge in [-0.05, 0) is 51.4 Å². The van der Waals surface area contributed by atoms with Crippen molar-refractivity contribution in [1.29, 1.82) is 0 Å². The highest BCUT2D eigenvalue weighted by Gasteiger charge is 2.51. The van der Waals surface area contributed by atoms with Gasteiger partial charge in [0.15, 0.2) is 12.6 Å². The van der Waals surface area contributed by atoms with E-state index in [1.807, 2.05) is 6.08 Å². The van der Waals surface area contributed by atoms with Crippen LogP contribution in [-0.4, -0.2) is 140 Å². The number of aliphatic hydroxyl groups is 8. The molecule has 12 unspecified atom stereocenters. The van der Waals surface area contributed by atoms with Crippen molar-refractivity contribution in [2.24, 2.45) is 0 Å². The minimum absolute atomic E-state index is 0.250. The molecule has 0 aromatic heterocycles. The van der Waals surface area contributed by atoms with Crippen LogP contribution in [-0.2, 0) is 23.7 Å². The molecule has 0 bridgehead atoms. The lowest BCUT2D eigenvalue weighted by Crippen LogP contribution is -2.65. The van der Waals surface area contributed by atoms with Gasteiger partial charge in [-0.1, -0.05) is 269 Å². The van der Waals surface area contributed by atoms with Crippen LogP contribution in [0, 0.1) is 0 Å². The van der Waals surface area contributed by atoms with Crippen molar-refractivity contribution in [3.8, 4) is 0 Å². The van der Waals surface area contributed by atoms with Crippen molar-refractivity contribution in [3.05, 3.63) is 36.5 Å². The minimum Gasteiger partial charge on any atom is -0.394 e. The van der Waals surface area contributed by atoms with Crippen molar-refractivity contribution in [2.45, 2.75) is 364 Å². The van der Waals surface area contributed by atoms with Crippen molar-refractivity contribution < 1.29 is 64.6 Å². The Morgan fingerprint density at radius 3 is 1.25 bits per heavy atom. The number of nitrogens with one attached hydrogen (secondary N) is 1. The molecule has 0 aromatic rings. The fraction of sp³-hybridized carbons (Fsp3) is 0.896. The van der Waals surface area contributed by atoms with Crippen molar-refractivity contribution in [2.75, 3.05) is 19.8 Å². The van der Waals surface area contributed by atoms with E-state index >= 15 is 0 Å². The Morgan fingerprint density at radius 1 is 0.444 bits per heavy atom. The largest absolute Gasteiger partial charge is 0.394 e. The van der Waals surface area contributed by atoms with Gasteiger partial charge in [-0.15, -0.1) is 0 Å². The first-order valence-corrected chi connectivity index (χ1v) is 33.7. The number of amides is 1. The molecule has 0 aliphatic carbocycles. The summed E-state index contributed by atoms with van der Waals surface area (Å²) >= 11 is 0. The van der Waals surface area contributed by atoms with Gasteiger partial charge in [0.05, 0.1) is 32.0 Å². The van der Waals surface area contributed by atoms with Crippen molar-refractivity contribution in [1.82, 2.24) is 5.32 Å². The van der Waals surface area contributed by atoms with Gasteiger partial charge < -0.3 is 65.1 Å². The molecule has 2 aliphatic heterocycles. The average molecular weight is 1150 g/mol. The average Bonchev–Trinajstić information content (AvgIpc) is 3.62. The summed E-state index contributed by atoms with van der Waals surface area (Å²) in [6.45, 7) is 2.80. The van der Waals surface area contributed by atoms with E-state index in [0.29, 0.717) is 6.42 Å². The summed E-state index contributed by atoms with van der Waals surface area (Å²) in [7, 11) is 0.